The smallest absolute Gasteiger partial charge is 0.289 e. The molecule has 0 bridgehead atoms. The predicted molar refractivity (Wildman–Crippen MR) is 105 cm³/mol. The van der Waals surface area contributed by atoms with Crippen LogP contribution in [0.15, 0.2) is 52.9 Å². The minimum atomic E-state index is -0.885. The molecule has 3 aromatic rings. The van der Waals surface area contributed by atoms with Crippen LogP contribution in [0.1, 0.15) is 34.2 Å². The second-order valence-corrected chi connectivity index (χ2v) is 7.15. The van der Waals surface area contributed by atoms with E-state index < -0.39 is 11.6 Å². The molecule has 2 unspecified atom stereocenters. The van der Waals surface area contributed by atoms with Crippen molar-refractivity contribution in [1.82, 2.24) is 15.6 Å². The number of benzene rings is 2. The monoisotopic (exact) mass is 397 g/mol. The van der Waals surface area contributed by atoms with Crippen molar-refractivity contribution in [3.8, 4) is 11.5 Å². The Bertz CT molecular complexity index is 1020. The predicted octanol–water partition coefficient (Wildman–Crippen LogP) is 3.80. The van der Waals surface area contributed by atoms with Crippen molar-refractivity contribution in [1.29, 1.82) is 0 Å². The quantitative estimate of drug-likeness (QED) is 0.703. The number of rotatable bonds is 4. The maximum absolute atomic E-state index is 13.7. The van der Waals surface area contributed by atoms with Crippen LogP contribution in [-0.4, -0.2) is 30.0 Å². The van der Waals surface area contributed by atoms with Crippen molar-refractivity contribution in [2.24, 2.45) is 0 Å². The van der Waals surface area contributed by atoms with E-state index in [0.29, 0.717) is 30.1 Å². The lowest BCUT2D eigenvalue weighted by Crippen LogP contribution is -2.50. The number of hydrogen-bond donors (Lipinski definition) is 2. The second kappa shape index (κ2) is 8.13. The molecule has 1 saturated heterocycles. The molecule has 5 nitrogen and oxygen atoms in total. The summed E-state index contributed by atoms with van der Waals surface area (Å²) < 4.78 is 32.7. The minimum absolute atomic E-state index is 0.132. The Hall–Kier alpha value is -3.06. The van der Waals surface area contributed by atoms with Gasteiger partial charge in [-0.3, -0.25) is 4.79 Å². The van der Waals surface area contributed by atoms with Crippen LogP contribution in [0.3, 0.4) is 0 Å². The summed E-state index contributed by atoms with van der Waals surface area (Å²) >= 11 is 0. The summed E-state index contributed by atoms with van der Waals surface area (Å²) in [5, 5.41) is 6.21. The first-order valence-corrected chi connectivity index (χ1v) is 9.52. The number of carbonyl (C=O) groups is 1. The molecule has 1 aliphatic rings. The van der Waals surface area contributed by atoms with Gasteiger partial charge in [-0.05, 0) is 49.7 Å². The molecule has 0 aliphatic carbocycles. The maximum atomic E-state index is 13.7. The van der Waals surface area contributed by atoms with Crippen LogP contribution in [-0.2, 0) is 0 Å². The number of amides is 1. The molecule has 1 fully saturated rings. The molecule has 2 atom stereocenters. The summed E-state index contributed by atoms with van der Waals surface area (Å²) in [7, 11) is 0. The molecule has 150 valence electrons. The van der Waals surface area contributed by atoms with Crippen LogP contribution in [0, 0.1) is 18.6 Å². The number of nitrogens with one attached hydrogen (secondary N) is 2. The van der Waals surface area contributed by atoms with Crippen molar-refractivity contribution in [2.45, 2.75) is 25.3 Å². The fraction of sp³-hybridized carbons (Fsp3) is 0.273. The largest absolute Gasteiger partial charge is 0.431 e. The van der Waals surface area contributed by atoms with Crippen molar-refractivity contribution in [3.63, 3.8) is 0 Å². The molecule has 29 heavy (non-hydrogen) atoms. The molecular formula is C22H21F2N3O2. The molecule has 1 amide bonds. The van der Waals surface area contributed by atoms with Crippen LogP contribution >= 0.6 is 0 Å². The van der Waals surface area contributed by atoms with Gasteiger partial charge in [-0.1, -0.05) is 24.3 Å². The highest BCUT2D eigenvalue weighted by atomic mass is 19.2. The zero-order valence-corrected chi connectivity index (χ0v) is 15.9. The van der Waals surface area contributed by atoms with Crippen LogP contribution in [0.4, 0.5) is 8.78 Å². The number of nitrogens with zero attached hydrogens (tertiary/aromatic N) is 1. The fourth-order valence-corrected chi connectivity index (χ4v) is 3.70. The average molecular weight is 397 g/mol. The highest BCUT2D eigenvalue weighted by molar-refractivity contribution is 5.93. The molecule has 2 aromatic carbocycles. The number of aromatic nitrogens is 1. The van der Waals surface area contributed by atoms with Gasteiger partial charge in [0.25, 0.3) is 5.91 Å². The SMILES string of the molecule is Cc1nc(-c2ccccc2)oc1C(=O)NC1CNCCC1c1ccc(F)c(F)c1. The zero-order chi connectivity index (χ0) is 20.4. The molecule has 2 N–H and O–H groups in total. The Balaban J connectivity index is 1.55. The number of halogens is 2. The summed E-state index contributed by atoms with van der Waals surface area (Å²) in [6, 6.07) is 13.0. The lowest BCUT2D eigenvalue weighted by molar-refractivity contribution is 0.0896. The first-order valence-electron chi connectivity index (χ1n) is 9.52. The summed E-state index contributed by atoms with van der Waals surface area (Å²) in [5.74, 6) is -1.74. The molecule has 0 spiro atoms. The third kappa shape index (κ3) is 4.05. The van der Waals surface area contributed by atoms with Gasteiger partial charge in [0.2, 0.25) is 11.7 Å². The molecule has 4 rings (SSSR count). The van der Waals surface area contributed by atoms with Crippen LogP contribution < -0.4 is 10.6 Å². The Morgan fingerprint density at radius 1 is 1.17 bits per heavy atom. The highest BCUT2D eigenvalue weighted by Gasteiger charge is 2.30. The summed E-state index contributed by atoms with van der Waals surface area (Å²) in [4.78, 5) is 17.2. The van der Waals surface area contributed by atoms with Gasteiger partial charge in [0, 0.05) is 24.1 Å². The first-order chi connectivity index (χ1) is 14.0. The normalized spacial score (nSPS) is 19.1. The van der Waals surface area contributed by atoms with Crippen molar-refractivity contribution < 1.29 is 18.0 Å². The van der Waals surface area contributed by atoms with Gasteiger partial charge in [0.1, 0.15) is 0 Å². The third-order valence-corrected chi connectivity index (χ3v) is 5.19. The number of aryl methyl sites for hydroxylation is 1. The number of piperidine rings is 1. The van der Waals surface area contributed by atoms with Gasteiger partial charge in [-0.25, -0.2) is 13.8 Å². The van der Waals surface area contributed by atoms with Crippen LogP contribution in [0.5, 0.6) is 0 Å². The topological polar surface area (TPSA) is 67.2 Å². The van der Waals surface area contributed by atoms with E-state index in [1.54, 1.807) is 13.0 Å². The van der Waals surface area contributed by atoms with E-state index in [2.05, 4.69) is 15.6 Å². The van der Waals surface area contributed by atoms with E-state index in [1.807, 2.05) is 30.3 Å². The van der Waals surface area contributed by atoms with Gasteiger partial charge in [0.15, 0.2) is 11.6 Å². The lowest BCUT2D eigenvalue weighted by atomic mass is 9.86. The summed E-state index contributed by atoms with van der Waals surface area (Å²) in [5.41, 5.74) is 1.94. The third-order valence-electron chi connectivity index (χ3n) is 5.19. The first kappa shape index (κ1) is 19.3. The van der Waals surface area contributed by atoms with Gasteiger partial charge in [-0.15, -0.1) is 0 Å². The van der Waals surface area contributed by atoms with E-state index in [4.69, 9.17) is 4.42 Å². The standard InChI is InChI=1S/C22H21F2N3O2/c1-13-20(29-22(26-13)14-5-3-2-4-6-14)21(28)27-19-12-25-10-9-16(19)15-7-8-17(23)18(24)11-15/h2-8,11,16,19,25H,9-10,12H2,1H3,(H,27,28). The molecule has 7 heteroatoms. The maximum Gasteiger partial charge on any atom is 0.289 e. The molecule has 2 heterocycles. The summed E-state index contributed by atoms with van der Waals surface area (Å²) in [6.45, 7) is 2.97. The Labute approximate surface area is 167 Å². The second-order valence-electron chi connectivity index (χ2n) is 7.15. The summed E-state index contributed by atoms with van der Waals surface area (Å²) in [6.07, 6.45) is 0.695. The van der Waals surface area contributed by atoms with E-state index in [-0.39, 0.29) is 23.6 Å². The van der Waals surface area contributed by atoms with Gasteiger partial charge < -0.3 is 15.1 Å². The Morgan fingerprint density at radius 3 is 2.72 bits per heavy atom. The number of carbonyl (C=O) groups excluding carboxylic acids is 1. The van der Waals surface area contributed by atoms with Gasteiger partial charge >= 0.3 is 0 Å². The zero-order valence-electron chi connectivity index (χ0n) is 15.9. The highest BCUT2D eigenvalue weighted by Crippen LogP contribution is 2.28. The molecule has 1 aromatic heterocycles. The van der Waals surface area contributed by atoms with E-state index in [0.717, 1.165) is 18.2 Å². The van der Waals surface area contributed by atoms with Crippen molar-refractivity contribution >= 4 is 5.91 Å². The van der Waals surface area contributed by atoms with E-state index in [1.165, 1.54) is 6.07 Å². The van der Waals surface area contributed by atoms with Crippen molar-refractivity contribution in [2.75, 3.05) is 13.1 Å². The van der Waals surface area contributed by atoms with E-state index in [9.17, 15) is 13.6 Å². The molecular weight excluding hydrogens is 376 g/mol. The fourth-order valence-electron chi connectivity index (χ4n) is 3.70. The lowest BCUT2D eigenvalue weighted by Gasteiger charge is -2.33. The Kier molecular flexibility index (Phi) is 5.40. The minimum Gasteiger partial charge on any atom is -0.431 e. The van der Waals surface area contributed by atoms with Crippen molar-refractivity contribution in [3.05, 3.63) is 77.2 Å². The molecule has 0 saturated carbocycles. The number of oxazole rings is 1. The van der Waals surface area contributed by atoms with Gasteiger partial charge in [0.05, 0.1) is 5.69 Å². The number of hydrogen-bond acceptors (Lipinski definition) is 4. The Morgan fingerprint density at radius 2 is 1.97 bits per heavy atom. The molecule has 1 aliphatic heterocycles. The average Bonchev–Trinajstić information content (AvgIpc) is 3.13. The van der Waals surface area contributed by atoms with E-state index >= 15 is 0 Å². The molecule has 0 radical (unpaired) electrons. The van der Waals surface area contributed by atoms with Crippen LogP contribution in [0.25, 0.3) is 11.5 Å². The van der Waals surface area contributed by atoms with Gasteiger partial charge in [-0.2, -0.15) is 0 Å². The van der Waals surface area contributed by atoms with Crippen LogP contribution in [0.2, 0.25) is 0 Å².